The van der Waals surface area contributed by atoms with Crippen molar-refractivity contribution in [3.8, 4) is 0 Å². The summed E-state index contributed by atoms with van der Waals surface area (Å²) in [5, 5.41) is 6.86. The number of halogens is 4. The molecule has 43 heavy (non-hydrogen) atoms. The summed E-state index contributed by atoms with van der Waals surface area (Å²) in [5.74, 6) is -1.69. The predicted molar refractivity (Wildman–Crippen MR) is 164 cm³/mol. The van der Waals surface area contributed by atoms with Gasteiger partial charge in [0.05, 0.1) is 16.5 Å². The molecule has 0 aliphatic rings. The zero-order valence-electron chi connectivity index (χ0n) is 22.6. The molecule has 4 aromatic carbocycles. The van der Waals surface area contributed by atoms with Gasteiger partial charge in [0.25, 0.3) is 11.8 Å². The molecule has 0 aliphatic carbocycles. The minimum absolute atomic E-state index is 0.00860. The van der Waals surface area contributed by atoms with Crippen LogP contribution in [0.25, 0.3) is 6.08 Å². The van der Waals surface area contributed by atoms with E-state index in [1.807, 2.05) is 6.07 Å². The highest BCUT2D eigenvalue weighted by Gasteiger charge is 2.34. The van der Waals surface area contributed by atoms with Crippen molar-refractivity contribution in [3.63, 3.8) is 0 Å². The van der Waals surface area contributed by atoms with Crippen LogP contribution < -0.4 is 16.0 Å². The fourth-order valence-corrected chi connectivity index (χ4v) is 4.95. The predicted octanol–water partition coefficient (Wildman–Crippen LogP) is 7.89. The molecular weight excluding hydrogens is 599 g/mol. The summed E-state index contributed by atoms with van der Waals surface area (Å²) < 4.78 is 40.3. The van der Waals surface area contributed by atoms with Crippen molar-refractivity contribution in [3.05, 3.63) is 131 Å². The van der Waals surface area contributed by atoms with Crippen LogP contribution in [0.3, 0.4) is 0 Å². The smallest absolute Gasteiger partial charge is 0.325 e. The first kappa shape index (κ1) is 31.4. The van der Waals surface area contributed by atoms with Gasteiger partial charge in [-0.15, -0.1) is 11.8 Å². The summed E-state index contributed by atoms with van der Waals surface area (Å²) in [6.45, 7) is 1.55. The minimum Gasteiger partial charge on any atom is -0.325 e. The monoisotopic (exact) mass is 623 g/mol. The van der Waals surface area contributed by atoms with Crippen LogP contribution in [0, 0.1) is 0 Å². The molecule has 1 atom stereocenters. The van der Waals surface area contributed by atoms with Gasteiger partial charge in [-0.2, -0.15) is 13.2 Å². The van der Waals surface area contributed by atoms with E-state index in [4.69, 9.17) is 11.6 Å². The lowest BCUT2D eigenvalue weighted by molar-refractivity contribution is -0.137. The van der Waals surface area contributed by atoms with Crippen LogP contribution >= 0.6 is 23.4 Å². The maximum Gasteiger partial charge on any atom is 0.418 e. The number of benzene rings is 4. The standard InChI is InChI=1S/C32H25ClF3N3O3S/c1-20(29(40)38-27-16-15-23(33)18-26(27)32(34,35)36)43-25-14-8-13-24(19-25)37-31(42)28(17-21-9-4-2-5-10-21)39-30(41)22-11-6-3-7-12-22/h2-20H,1H3,(H,37,42)(H,38,40)(H,39,41)/b28-17-. The zero-order valence-corrected chi connectivity index (χ0v) is 24.2. The van der Waals surface area contributed by atoms with Crippen molar-refractivity contribution in [2.24, 2.45) is 0 Å². The Hall–Kier alpha value is -4.54. The number of nitrogens with one attached hydrogen (secondary N) is 3. The topological polar surface area (TPSA) is 87.3 Å². The molecule has 3 N–H and O–H groups in total. The summed E-state index contributed by atoms with van der Waals surface area (Å²) in [4.78, 5) is 39.5. The van der Waals surface area contributed by atoms with Gasteiger partial charge in [0.1, 0.15) is 5.70 Å². The Bertz CT molecular complexity index is 1650. The van der Waals surface area contributed by atoms with Crippen LogP contribution in [-0.2, 0) is 15.8 Å². The highest BCUT2D eigenvalue weighted by atomic mass is 35.5. The first-order chi connectivity index (χ1) is 20.5. The molecule has 4 aromatic rings. The van der Waals surface area contributed by atoms with Crippen LogP contribution in [0.2, 0.25) is 5.02 Å². The summed E-state index contributed by atoms with van der Waals surface area (Å²) in [7, 11) is 0. The second-order valence-corrected chi connectivity index (χ2v) is 11.1. The van der Waals surface area contributed by atoms with E-state index in [2.05, 4.69) is 16.0 Å². The molecule has 0 bridgehead atoms. The van der Waals surface area contributed by atoms with E-state index in [0.29, 0.717) is 21.7 Å². The number of anilines is 2. The van der Waals surface area contributed by atoms with Crippen LogP contribution in [0.4, 0.5) is 24.5 Å². The largest absolute Gasteiger partial charge is 0.418 e. The van der Waals surface area contributed by atoms with Gasteiger partial charge < -0.3 is 16.0 Å². The number of rotatable bonds is 9. The fraction of sp³-hybridized carbons (Fsp3) is 0.0938. The summed E-state index contributed by atoms with van der Waals surface area (Å²) >= 11 is 6.81. The maximum atomic E-state index is 13.4. The molecule has 0 radical (unpaired) electrons. The first-order valence-electron chi connectivity index (χ1n) is 12.9. The third kappa shape index (κ3) is 8.97. The van der Waals surface area contributed by atoms with Gasteiger partial charge in [0, 0.05) is 21.2 Å². The zero-order chi connectivity index (χ0) is 31.0. The molecule has 0 saturated carbocycles. The van der Waals surface area contributed by atoms with E-state index in [-0.39, 0.29) is 10.7 Å². The second kappa shape index (κ2) is 14.1. The Balaban J connectivity index is 1.47. The van der Waals surface area contributed by atoms with E-state index < -0.39 is 40.4 Å². The third-order valence-corrected chi connectivity index (χ3v) is 7.29. The molecule has 0 saturated heterocycles. The normalized spacial score (nSPS) is 12.3. The van der Waals surface area contributed by atoms with Crippen LogP contribution in [0.15, 0.2) is 114 Å². The Morgan fingerprint density at radius 2 is 1.51 bits per heavy atom. The van der Waals surface area contributed by atoms with Gasteiger partial charge in [-0.25, -0.2) is 0 Å². The number of hydrogen-bond acceptors (Lipinski definition) is 4. The molecule has 0 aliphatic heterocycles. The van der Waals surface area contributed by atoms with Crippen LogP contribution in [0.5, 0.6) is 0 Å². The van der Waals surface area contributed by atoms with E-state index in [0.717, 1.165) is 23.9 Å². The first-order valence-corrected chi connectivity index (χ1v) is 14.1. The van der Waals surface area contributed by atoms with E-state index in [1.165, 1.54) is 6.07 Å². The van der Waals surface area contributed by atoms with E-state index in [9.17, 15) is 27.6 Å². The van der Waals surface area contributed by atoms with Crippen molar-refractivity contribution in [2.75, 3.05) is 10.6 Å². The molecule has 0 aromatic heterocycles. The van der Waals surface area contributed by atoms with Crippen molar-refractivity contribution < 1.29 is 27.6 Å². The Kier molecular flexibility index (Phi) is 10.3. The lowest BCUT2D eigenvalue weighted by Gasteiger charge is -2.17. The molecule has 3 amide bonds. The molecule has 6 nitrogen and oxygen atoms in total. The number of hydrogen-bond donors (Lipinski definition) is 3. The minimum atomic E-state index is -4.70. The number of amides is 3. The highest BCUT2D eigenvalue weighted by molar-refractivity contribution is 8.00. The number of thioether (sulfide) groups is 1. The van der Waals surface area contributed by atoms with Gasteiger partial charge >= 0.3 is 6.18 Å². The molecule has 4 rings (SSSR count). The van der Waals surface area contributed by atoms with Crippen molar-refractivity contribution >= 4 is 58.5 Å². The van der Waals surface area contributed by atoms with Crippen molar-refractivity contribution in [1.29, 1.82) is 0 Å². The van der Waals surface area contributed by atoms with Gasteiger partial charge in [-0.3, -0.25) is 14.4 Å². The third-order valence-electron chi connectivity index (χ3n) is 5.96. The van der Waals surface area contributed by atoms with Crippen molar-refractivity contribution in [1.82, 2.24) is 5.32 Å². The van der Waals surface area contributed by atoms with Crippen LogP contribution in [0.1, 0.15) is 28.4 Å². The number of carbonyl (C=O) groups excluding carboxylic acids is 3. The lowest BCUT2D eigenvalue weighted by atomic mass is 10.1. The fourth-order valence-electron chi connectivity index (χ4n) is 3.86. The Morgan fingerprint density at radius 1 is 0.837 bits per heavy atom. The van der Waals surface area contributed by atoms with Gasteiger partial charge in [0.15, 0.2) is 0 Å². The molecule has 11 heteroatoms. The molecule has 1 unspecified atom stereocenters. The summed E-state index contributed by atoms with van der Waals surface area (Å²) in [6, 6.07) is 27.2. The highest BCUT2D eigenvalue weighted by Crippen LogP contribution is 2.37. The van der Waals surface area contributed by atoms with Gasteiger partial charge in [-0.05, 0) is 67.1 Å². The molecule has 0 fully saturated rings. The molecule has 220 valence electrons. The molecule has 0 spiro atoms. The average molecular weight is 624 g/mol. The van der Waals surface area contributed by atoms with E-state index >= 15 is 0 Å². The summed E-state index contributed by atoms with van der Waals surface area (Å²) in [5.41, 5.74) is 0.0156. The lowest BCUT2D eigenvalue weighted by Crippen LogP contribution is -2.30. The maximum absolute atomic E-state index is 13.4. The van der Waals surface area contributed by atoms with Crippen LogP contribution in [-0.4, -0.2) is 23.0 Å². The Morgan fingerprint density at radius 3 is 2.19 bits per heavy atom. The number of alkyl halides is 3. The van der Waals surface area contributed by atoms with E-state index in [1.54, 1.807) is 91.9 Å². The number of carbonyl (C=O) groups is 3. The Labute approximate surface area is 255 Å². The van der Waals surface area contributed by atoms with Crippen molar-refractivity contribution in [2.45, 2.75) is 23.2 Å². The SMILES string of the molecule is CC(Sc1cccc(NC(=O)/C(=C/c2ccccc2)NC(=O)c2ccccc2)c1)C(=O)Nc1ccc(Cl)cc1C(F)(F)F. The molecule has 0 heterocycles. The van der Waals surface area contributed by atoms with Gasteiger partial charge in [-0.1, -0.05) is 66.2 Å². The summed E-state index contributed by atoms with van der Waals surface area (Å²) in [6.07, 6.45) is -3.15. The average Bonchev–Trinajstić information content (AvgIpc) is 2.98. The van der Waals surface area contributed by atoms with Gasteiger partial charge in [0.2, 0.25) is 5.91 Å². The second-order valence-electron chi connectivity index (χ2n) is 9.21. The molecular formula is C32H25ClF3N3O3S. The quantitative estimate of drug-likeness (QED) is 0.131.